The topological polar surface area (TPSA) is 75.6 Å². The molecule has 6 heteroatoms. The highest BCUT2D eigenvalue weighted by Crippen LogP contribution is 2.31. The van der Waals surface area contributed by atoms with Crippen molar-refractivity contribution in [2.45, 2.75) is 25.9 Å². The Hall–Kier alpha value is -1.75. The van der Waals surface area contributed by atoms with Gasteiger partial charge in [0, 0.05) is 24.4 Å². The fraction of sp³-hybridized carbons (Fsp3) is 0.429. The van der Waals surface area contributed by atoms with Crippen molar-refractivity contribution in [3.63, 3.8) is 0 Å². The number of amides is 1. The third-order valence-corrected chi connectivity index (χ3v) is 3.37. The quantitative estimate of drug-likeness (QED) is 0.870. The molecule has 2 N–H and O–H groups in total. The van der Waals surface area contributed by atoms with Crippen molar-refractivity contribution < 1.29 is 19.4 Å². The van der Waals surface area contributed by atoms with Crippen LogP contribution >= 0.6 is 11.6 Å². The third kappa shape index (κ3) is 3.63. The molecule has 0 saturated carbocycles. The first-order chi connectivity index (χ1) is 9.45. The maximum atomic E-state index is 12.0. The van der Waals surface area contributed by atoms with Crippen molar-refractivity contribution in [2.24, 2.45) is 5.92 Å². The fourth-order valence-electron chi connectivity index (χ4n) is 2.12. The SMILES string of the molecule is CC(CNC(=O)C1Cc2cc(Cl)ccc2O1)CC(=O)O. The van der Waals surface area contributed by atoms with Crippen LogP contribution in [-0.2, 0) is 16.0 Å². The average Bonchev–Trinajstić information content (AvgIpc) is 2.78. The first kappa shape index (κ1) is 14.7. The Morgan fingerprint density at radius 2 is 2.30 bits per heavy atom. The molecule has 0 aromatic heterocycles. The maximum absolute atomic E-state index is 12.0. The zero-order valence-corrected chi connectivity index (χ0v) is 11.8. The molecule has 0 fully saturated rings. The van der Waals surface area contributed by atoms with Gasteiger partial charge in [-0.25, -0.2) is 0 Å². The molecular formula is C14H16ClNO4. The summed E-state index contributed by atoms with van der Waals surface area (Å²) in [6, 6.07) is 5.25. The molecule has 1 aliphatic rings. The number of carboxylic acids is 1. The van der Waals surface area contributed by atoms with Crippen LogP contribution in [0.4, 0.5) is 0 Å². The van der Waals surface area contributed by atoms with E-state index in [0.29, 0.717) is 23.7 Å². The van der Waals surface area contributed by atoms with E-state index in [0.717, 1.165) is 5.56 Å². The van der Waals surface area contributed by atoms with Crippen LogP contribution in [0, 0.1) is 5.92 Å². The number of aliphatic carboxylic acids is 1. The molecule has 0 saturated heterocycles. The number of rotatable bonds is 5. The number of benzene rings is 1. The number of nitrogens with one attached hydrogen (secondary N) is 1. The summed E-state index contributed by atoms with van der Waals surface area (Å²) in [5.74, 6) is -0.539. The number of halogens is 1. The lowest BCUT2D eigenvalue weighted by atomic mass is 10.1. The second-order valence-corrected chi connectivity index (χ2v) is 5.45. The molecule has 20 heavy (non-hydrogen) atoms. The highest BCUT2D eigenvalue weighted by atomic mass is 35.5. The van der Waals surface area contributed by atoms with Gasteiger partial charge < -0.3 is 15.2 Å². The molecular weight excluding hydrogens is 282 g/mol. The van der Waals surface area contributed by atoms with Gasteiger partial charge in [0.25, 0.3) is 5.91 Å². The highest BCUT2D eigenvalue weighted by Gasteiger charge is 2.29. The van der Waals surface area contributed by atoms with E-state index in [1.54, 1.807) is 25.1 Å². The van der Waals surface area contributed by atoms with Crippen LogP contribution in [-0.4, -0.2) is 29.6 Å². The number of hydrogen-bond donors (Lipinski definition) is 2. The van der Waals surface area contributed by atoms with Crippen LogP contribution in [0.1, 0.15) is 18.9 Å². The summed E-state index contributed by atoms with van der Waals surface area (Å²) in [6.07, 6.45) is -0.0584. The summed E-state index contributed by atoms with van der Waals surface area (Å²) in [4.78, 5) is 22.5. The van der Waals surface area contributed by atoms with Crippen molar-refractivity contribution >= 4 is 23.5 Å². The molecule has 1 aromatic rings. The zero-order valence-electron chi connectivity index (χ0n) is 11.1. The smallest absolute Gasteiger partial charge is 0.303 e. The lowest BCUT2D eigenvalue weighted by Crippen LogP contribution is -2.39. The lowest BCUT2D eigenvalue weighted by Gasteiger charge is -2.14. The Kier molecular flexibility index (Phi) is 4.49. The predicted octanol–water partition coefficient (Wildman–Crippen LogP) is 1.87. The van der Waals surface area contributed by atoms with E-state index in [2.05, 4.69) is 5.32 Å². The molecule has 2 unspecified atom stereocenters. The van der Waals surface area contributed by atoms with E-state index in [4.69, 9.17) is 21.4 Å². The second-order valence-electron chi connectivity index (χ2n) is 5.01. The summed E-state index contributed by atoms with van der Waals surface area (Å²) in [5, 5.41) is 12.0. The molecule has 0 aliphatic carbocycles. The number of carboxylic acid groups (broad SMARTS) is 1. The van der Waals surface area contributed by atoms with Crippen molar-refractivity contribution in [3.05, 3.63) is 28.8 Å². The minimum Gasteiger partial charge on any atom is -0.481 e. The van der Waals surface area contributed by atoms with Gasteiger partial charge >= 0.3 is 5.97 Å². The molecule has 2 atom stereocenters. The Morgan fingerprint density at radius 3 is 3.00 bits per heavy atom. The summed E-state index contributed by atoms with van der Waals surface area (Å²) in [5.41, 5.74) is 0.913. The first-order valence-electron chi connectivity index (χ1n) is 6.40. The summed E-state index contributed by atoms with van der Waals surface area (Å²) in [6.45, 7) is 2.10. The van der Waals surface area contributed by atoms with E-state index >= 15 is 0 Å². The molecule has 5 nitrogen and oxygen atoms in total. The molecule has 1 amide bonds. The Balaban J connectivity index is 1.85. The van der Waals surface area contributed by atoms with E-state index in [1.165, 1.54) is 0 Å². The highest BCUT2D eigenvalue weighted by molar-refractivity contribution is 6.30. The summed E-state index contributed by atoms with van der Waals surface area (Å²) in [7, 11) is 0. The standard InChI is InChI=1S/C14H16ClNO4/c1-8(4-13(17)18)7-16-14(19)12-6-9-5-10(15)2-3-11(9)20-12/h2-3,5,8,12H,4,6-7H2,1H3,(H,16,19)(H,17,18). The fourth-order valence-corrected chi connectivity index (χ4v) is 2.32. The van der Waals surface area contributed by atoms with Gasteiger partial charge in [-0.05, 0) is 29.7 Å². The lowest BCUT2D eigenvalue weighted by molar-refractivity contribution is -0.138. The number of hydrogen-bond acceptors (Lipinski definition) is 3. The molecule has 1 aliphatic heterocycles. The molecule has 2 rings (SSSR count). The average molecular weight is 298 g/mol. The normalized spacial score (nSPS) is 18.0. The predicted molar refractivity (Wildman–Crippen MR) is 74.0 cm³/mol. The van der Waals surface area contributed by atoms with Gasteiger partial charge in [-0.15, -0.1) is 0 Å². The molecule has 1 heterocycles. The van der Waals surface area contributed by atoms with Gasteiger partial charge in [-0.3, -0.25) is 9.59 Å². The van der Waals surface area contributed by atoms with Gasteiger partial charge in [0.2, 0.25) is 0 Å². The number of carbonyl (C=O) groups is 2. The van der Waals surface area contributed by atoms with E-state index in [-0.39, 0.29) is 18.2 Å². The zero-order chi connectivity index (χ0) is 14.7. The molecule has 0 bridgehead atoms. The molecule has 108 valence electrons. The van der Waals surface area contributed by atoms with Crippen LogP contribution in [0.2, 0.25) is 5.02 Å². The van der Waals surface area contributed by atoms with Crippen LogP contribution in [0.25, 0.3) is 0 Å². The number of carbonyl (C=O) groups excluding carboxylic acids is 1. The van der Waals surface area contributed by atoms with E-state index in [1.807, 2.05) is 0 Å². The maximum Gasteiger partial charge on any atom is 0.303 e. The van der Waals surface area contributed by atoms with Crippen molar-refractivity contribution in [3.8, 4) is 5.75 Å². The number of ether oxygens (including phenoxy) is 1. The van der Waals surface area contributed by atoms with Crippen LogP contribution < -0.4 is 10.1 Å². The van der Waals surface area contributed by atoms with E-state index < -0.39 is 12.1 Å². The number of fused-ring (bicyclic) bond motifs is 1. The van der Waals surface area contributed by atoms with Crippen LogP contribution in [0.15, 0.2) is 18.2 Å². The van der Waals surface area contributed by atoms with Crippen LogP contribution in [0.5, 0.6) is 5.75 Å². The molecule has 0 radical (unpaired) electrons. The van der Waals surface area contributed by atoms with Gasteiger partial charge in [-0.2, -0.15) is 0 Å². The van der Waals surface area contributed by atoms with Gasteiger partial charge in [0.15, 0.2) is 6.10 Å². The third-order valence-electron chi connectivity index (χ3n) is 3.14. The Morgan fingerprint density at radius 1 is 1.55 bits per heavy atom. The Labute approximate surface area is 121 Å². The first-order valence-corrected chi connectivity index (χ1v) is 6.78. The van der Waals surface area contributed by atoms with Gasteiger partial charge in [-0.1, -0.05) is 18.5 Å². The summed E-state index contributed by atoms with van der Waals surface area (Å²) < 4.78 is 5.55. The van der Waals surface area contributed by atoms with Gasteiger partial charge in [0.1, 0.15) is 5.75 Å². The van der Waals surface area contributed by atoms with Crippen molar-refractivity contribution in [2.75, 3.05) is 6.54 Å². The minimum atomic E-state index is -0.870. The van der Waals surface area contributed by atoms with Crippen LogP contribution in [0.3, 0.4) is 0 Å². The molecule has 0 spiro atoms. The van der Waals surface area contributed by atoms with Crippen molar-refractivity contribution in [1.29, 1.82) is 0 Å². The minimum absolute atomic E-state index is 0.0294. The molecule has 1 aromatic carbocycles. The monoisotopic (exact) mass is 297 g/mol. The van der Waals surface area contributed by atoms with Gasteiger partial charge in [0.05, 0.1) is 0 Å². The largest absolute Gasteiger partial charge is 0.481 e. The van der Waals surface area contributed by atoms with E-state index in [9.17, 15) is 9.59 Å². The summed E-state index contributed by atoms with van der Waals surface area (Å²) >= 11 is 5.89. The Bertz CT molecular complexity index is 532. The van der Waals surface area contributed by atoms with Crippen molar-refractivity contribution in [1.82, 2.24) is 5.32 Å². The second kappa shape index (κ2) is 6.13.